The molecule has 86 valence electrons. The summed E-state index contributed by atoms with van der Waals surface area (Å²) in [6.07, 6.45) is 5.12. The summed E-state index contributed by atoms with van der Waals surface area (Å²) in [6.45, 7) is 1.99. The molecule has 1 fully saturated rings. The number of rotatable bonds is 0. The molecule has 2 nitrogen and oxygen atoms in total. The van der Waals surface area contributed by atoms with Gasteiger partial charge in [-0.2, -0.15) is 0 Å². The Labute approximate surface area is 97.0 Å². The highest BCUT2D eigenvalue weighted by Gasteiger charge is 2.29. The summed E-state index contributed by atoms with van der Waals surface area (Å²) in [6, 6.07) is 9.29. The summed E-state index contributed by atoms with van der Waals surface area (Å²) >= 11 is 0. The second kappa shape index (κ2) is 4.56. The fourth-order valence-corrected chi connectivity index (χ4v) is 2.90. The Bertz CT molecular complexity index is 364. The summed E-state index contributed by atoms with van der Waals surface area (Å²) in [5.74, 6) is 0. The molecule has 0 saturated carbocycles. The molecule has 2 aliphatic rings. The van der Waals surface area contributed by atoms with E-state index in [4.69, 9.17) is 4.74 Å². The van der Waals surface area contributed by atoms with E-state index in [-0.39, 0.29) is 6.10 Å². The van der Waals surface area contributed by atoms with Gasteiger partial charge in [-0.15, -0.1) is 0 Å². The van der Waals surface area contributed by atoms with Crippen LogP contribution in [0.4, 0.5) is 0 Å². The number of nitrogens with one attached hydrogen (secondary N) is 1. The molecule has 0 spiro atoms. The smallest absolute Gasteiger partial charge is 0.0980 e. The zero-order chi connectivity index (χ0) is 10.8. The van der Waals surface area contributed by atoms with Crippen molar-refractivity contribution in [1.82, 2.24) is 5.32 Å². The minimum Gasteiger partial charge on any atom is -0.372 e. The lowest BCUT2D eigenvalue weighted by molar-refractivity contribution is 0.0412. The highest BCUT2D eigenvalue weighted by atomic mass is 16.5. The van der Waals surface area contributed by atoms with Gasteiger partial charge in [-0.25, -0.2) is 0 Å². The lowest BCUT2D eigenvalue weighted by Crippen LogP contribution is -2.33. The van der Waals surface area contributed by atoms with Gasteiger partial charge in [-0.3, -0.25) is 0 Å². The van der Waals surface area contributed by atoms with Gasteiger partial charge in [0, 0.05) is 12.6 Å². The SMILES string of the molecule is c1ccc2c(c1)CCCC1NCCCOC21. The van der Waals surface area contributed by atoms with Crippen LogP contribution in [0, 0.1) is 0 Å². The standard InChI is InChI=1S/C14H19NO/c1-2-7-12-11(5-1)6-3-8-13-14(12)16-10-4-9-15-13/h1-2,5,7,13-15H,3-4,6,8-10H2. The Kier molecular flexibility index (Phi) is 2.94. The van der Waals surface area contributed by atoms with Gasteiger partial charge in [-0.1, -0.05) is 24.3 Å². The van der Waals surface area contributed by atoms with E-state index in [0.29, 0.717) is 6.04 Å². The average Bonchev–Trinajstić information content (AvgIpc) is 2.62. The maximum Gasteiger partial charge on any atom is 0.0980 e. The lowest BCUT2D eigenvalue weighted by Gasteiger charge is -2.24. The number of hydrogen-bond donors (Lipinski definition) is 1. The number of hydrogen-bond acceptors (Lipinski definition) is 2. The lowest BCUT2D eigenvalue weighted by atomic mass is 9.99. The van der Waals surface area contributed by atoms with Crippen LogP contribution in [0.15, 0.2) is 24.3 Å². The molecule has 1 heterocycles. The summed E-state index contributed by atoms with van der Waals surface area (Å²) in [5, 5.41) is 3.64. The molecule has 2 heteroatoms. The molecule has 2 atom stereocenters. The van der Waals surface area contributed by atoms with Crippen molar-refractivity contribution in [2.24, 2.45) is 0 Å². The van der Waals surface area contributed by atoms with Crippen LogP contribution in [-0.2, 0) is 11.2 Å². The van der Waals surface area contributed by atoms with E-state index in [1.165, 1.54) is 30.4 Å². The molecular formula is C14H19NO. The average molecular weight is 217 g/mol. The maximum absolute atomic E-state index is 6.05. The quantitative estimate of drug-likeness (QED) is 0.720. The van der Waals surface area contributed by atoms with Crippen LogP contribution in [0.1, 0.15) is 36.5 Å². The van der Waals surface area contributed by atoms with Crippen molar-refractivity contribution in [3.8, 4) is 0 Å². The monoisotopic (exact) mass is 217 g/mol. The number of fused-ring (bicyclic) bond motifs is 3. The van der Waals surface area contributed by atoms with Crippen LogP contribution in [-0.4, -0.2) is 19.2 Å². The van der Waals surface area contributed by atoms with Gasteiger partial charge >= 0.3 is 0 Å². The van der Waals surface area contributed by atoms with Gasteiger partial charge in [0.1, 0.15) is 0 Å². The van der Waals surface area contributed by atoms with Crippen molar-refractivity contribution in [3.05, 3.63) is 35.4 Å². The Morgan fingerprint density at radius 3 is 3.12 bits per heavy atom. The van der Waals surface area contributed by atoms with Crippen LogP contribution < -0.4 is 5.32 Å². The topological polar surface area (TPSA) is 21.3 Å². The molecule has 1 aromatic rings. The minimum atomic E-state index is 0.279. The van der Waals surface area contributed by atoms with Crippen LogP contribution in [0.25, 0.3) is 0 Å². The van der Waals surface area contributed by atoms with Crippen molar-refractivity contribution in [3.63, 3.8) is 0 Å². The Morgan fingerprint density at radius 1 is 1.19 bits per heavy atom. The maximum atomic E-state index is 6.05. The summed E-state index contributed by atoms with van der Waals surface area (Å²) in [4.78, 5) is 0. The van der Waals surface area contributed by atoms with Gasteiger partial charge < -0.3 is 10.1 Å². The molecule has 0 bridgehead atoms. The van der Waals surface area contributed by atoms with Crippen molar-refractivity contribution < 1.29 is 4.74 Å². The fourth-order valence-electron chi connectivity index (χ4n) is 2.90. The summed E-state index contributed by atoms with van der Waals surface area (Å²) in [7, 11) is 0. The van der Waals surface area contributed by atoms with Crippen LogP contribution >= 0.6 is 0 Å². The van der Waals surface area contributed by atoms with Crippen LogP contribution in [0.5, 0.6) is 0 Å². The third-order valence-corrected chi connectivity index (χ3v) is 3.71. The summed E-state index contributed by atoms with van der Waals surface area (Å²) in [5.41, 5.74) is 2.90. The molecule has 1 aromatic carbocycles. The molecule has 2 unspecified atom stereocenters. The van der Waals surface area contributed by atoms with E-state index in [1.807, 2.05) is 0 Å². The zero-order valence-electron chi connectivity index (χ0n) is 9.61. The van der Waals surface area contributed by atoms with Crippen molar-refractivity contribution in [2.75, 3.05) is 13.2 Å². The van der Waals surface area contributed by atoms with Gasteiger partial charge in [0.15, 0.2) is 0 Å². The van der Waals surface area contributed by atoms with Crippen molar-refractivity contribution in [2.45, 2.75) is 37.8 Å². The second-order valence-electron chi connectivity index (χ2n) is 4.80. The third kappa shape index (κ3) is 1.87. The first kappa shape index (κ1) is 10.3. The highest BCUT2D eigenvalue weighted by molar-refractivity contribution is 5.31. The van der Waals surface area contributed by atoms with E-state index in [2.05, 4.69) is 29.6 Å². The molecule has 1 aliphatic carbocycles. The first-order chi connectivity index (χ1) is 7.95. The molecule has 0 amide bonds. The van der Waals surface area contributed by atoms with Gasteiger partial charge in [0.05, 0.1) is 6.10 Å². The molecule has 0 radical (unpaired) electrons. The Hall–Kier alpha value is -0.860. The molecule has 1 N–H and O–H groups in total. The first-order valence-electron chi connectivity index (χ1n) is 6.38. The normalized spacial score (nSPS) is 29.8. The molecule has 3 rings (SSSR count). The van der Waals surface area contributed by atoms with Crippen molar-refractivity contribution in [1.29, 1.82) is 0 Å². The van der Waals surface area contributed by atoms with E-state index >= 15 is 0 Å². The van der Waals surface area contributed by atoms with Gasteiger partial charge in [0.25, 0.3) is 0 Å². The summed E-state index contributed by atoms with van der Waals surface area (Å²) < 4.78 is 6.05. The molecule has 16 heavy (non-hydrogen) atoms. The van der Waals surface area contributed by atoms with E-state index in [0.717, 1.165) is 19.6 Å². The molecule has 0 aromatic heterocycles. The molecule has 1 aliphatic heterocycles. The van der Waals surface area contributed by atoms with E-state index in [9.17, 15) is 0 Å². The Morgan fingerprint density at radius 2 is 2.12 bits per heavy atom. The van der Waals surface area contributed by atoms with E-state index < -0.39 is 0 Å². The predicted octanol–water partition coefficient (Wildman–Crippen LogP) is 2.44. The van der Waals surface area contributed by atoms with Gasteiger partial charge in [-0.05, 0) is 43.4 Å². The second-order valence-corrected chi connectivity index (χ2v) is 4.80. The largest absolute Gasteiger partial charge is 0.372 e. The number of aryl methyl sites for hydroxylation is 1. The molecular weight excluding hydrogens is 198 g/mol. The number of ether oxygens (including phenoxy) is 1. The fraction of sp³-hybridized carbons (Fsp3) is 0.571. The zero-order valence-corrected chi connectivity index (χ0v) is 9.61. The molecule has 1 saturated heterocycles. The van der Waals surface area contributed by atoms with Gasteiger partial charge in [0.2, 0.25) is 0 Å². The predicted molar refractivity (Wildman–Crippen MR) is 64.5 cm³/mol. The number of benzene rings is 1. The minimum absolute atomic E-state index is 0.279. The van der Waals surface area contributed by atoms with Crippen LogP contribution in [0.2, 0.25) is 0 Å². The Balaban J connectivity index is 1.97. The van der Waals surface area contributed by atoms with Crippen molar-refractivity contribution >= 4 is 0 Å². The highest BCUT2D eigenvalue weighted by Crippen LogP contribution is 2.32. The van der Waals surface area contributed by atoms with Crippen LogP contribution in [0.3, 0.4) is 0 Å². The third-order valence-electron chi connectivity index (χ3n) is 3.71. The first-order valence-corrected chi connectivity index (χ1v) is 6.38. The van der Waals surface area contributed by atoms with E-state index in [1.54, 1.807) is 0 Å².